The van der Waals surface area contributed by atoms with E-state index in [0.717, 1.165) is 16.5 Å². The van der Waals surface area contributed by atoms with Gasteiger partial charge in [0.1, 0.15) is 7.85 Å². The number of hydrogen-bond acceptors (Lipinski definition) is 1. The molecule has 0 aliphatic heterocycles. The number of aromatic nitrogens is 2. The second-order valence-corrected chi connectivity index (χ2v) is 2.58. The van der Waals surface area contributed by atoms with E-state index < -0.39 is 0 Å². The minimum Gasteiger partial charge on any atom is -0.241 e. The molecule has 0 N–H and O–H groups in total. The second kappa shape index (κ2) is 4.12. The molecular formula is C10H13BN2. The summed E-state index contributed by atoms with van der Waals surface area (Å²) in [4.78, 5) is 0. The molecule has 3 heteroatoms. The maximum atomic E-state index is 5.74. The fourth-order valence-corrected chi connectivity index (χ4v) is 1.23. The Hall–Kier alpha value is -1.25. The molecule has 2 rings (SSSR count). The average Bonchev–Trinajstić information content (AvgIpc) is 2.53. The van der Waals surface area contributed by atoms with Crippen molar-refractivity contribution in [2.24, 2.45) is 0 Å². The third kappa shape index (κ3) is 1.74. The normalized spacial score (nSPS) is 9.46. The minimum atomic E-state index is 0.780. The lowest BCUT2D eigenvalue weighted by Gasteiger charge is -1.97. The van der Waals surface area contributed by atoms with Crippen molar-refractivity contribution in [2.45, 2.75) is 20.8 Å². The van der Waals surface area contributed by atoms with Gasteiger partial charge in [-0.3, -0.25) is 0 Å². The first-order valence-electron chi connectivity index (χ1n) is 4.47. The summed E-state index contributed by atoms with van der Waals surface area (Å²) >= 11 is 0. The van der Waals surface area contributed by atoms with Crippen LogP contribution in [0.5, 0.6) is 0 Å². The number of nitrogens with zero attached hydrogens (tertiary/aromatic N) is 2. The van der Waals surface area contributed by atoms with Gasteiger partial charge in [0.25, 0.3) is 0 Å². The quantitative estimate of drug-likeness (QED) is 0.550. The summed E-state index contributed by atoms with van der Waals surface area (Å²) in [5, 5.41) is 4.12. The lowest BCUT2D eigenvalue weighted by atomic mass is 9.95. The van der Waals surface area contributed by atoms with Gasteiger partial charge < -0.3 is 0 Å². The molecule has 2 radical (unpaired) electrons. The highest BCUT2D eigenvalue weighted by atomic mass is 15.2. The van der Waals surface area contributed by atoms with Crippen molar-refractivity contribution in [3.05, 3.63) is 30.1 Å². The smallest absolute Gasteiger partial charge is 0.116 e. The Balaban J connectivity index is 0.000000396. The molecule has 2 aromatic rings. The molecule has 0 aliphatic carbocycles. The zero-order valence-electron chi connectivity index (χ0n) is 8.28. The highest BCUT2D eigenvalue weighted by molar-refractivity contribution is 6.36. The average molecular weight is 172 g/mol. The first kappa shape index (κ1) is 9.84. The zero-order valence-corrected chi connectivity index (χ0v) is 8.28. The van der Waals surface area contributed by atoms with E-state index in [4.69, 9.17) is 7.85 Å². The molecule has 0 aromatic carbocycles. The van der Waals surface area contributed by atoms with Crippen molar-refractivity contribution in [3.8, 4) is 0 Å². The largest absolute Gasteiger partial charge is 0.241 e. The Morgan fingerprint density at radius 2 is 2.08 bits per heavy atom. The molecule has 0 amide bonds. The Kier molecular flexibility index (Phi) is 3.12. The molecule has 66 valence electrons. The van der Waals surface area contributed by atoms with Gasteiger partial charge >= 0.3 is 0 Å². The predicted octanol–water partition coefficient (Wildman–Crippen LogP) is 1.46. The van der Waals surface area contributed by atoms with Gasteiger partial charge in [0.2, 0.25) is 0 Å². The van der Waals surface area contributed by atoms with Crippen LogP contribution in [0.4, 0.5) is 0 Å². The summed E-state index contributed by atoms with van der Waals surface area (Å²) < 4.78 is 1.78. The van der Waals surface area contributed by atoms with E-state index in [1.165, 1.54) is 0 Å². The van der Waals surface area contributed by atoms with Gasteiger partial charge in [-0.2, -0.15) is 5.10 Å². The van der Waals surface area contributed by atoms with Gasteiger partial charge in [0, 0.05) is 6.20 Å². The second-order valence-electron chi connectivity index (χ2n) is 2.58. The van der Waals surface area contributed by atoms with E-state index >= 15 is 0 Å². The summed E-state index contributed by atoms with van der Waals surface area (Å²) in [6.45, 7) is 6.00. The maximum absolute atomic E-state index is 5.74. The first-order valence-corrected chi connectivity index (χ1v) is 4.47. The van der Waals surface area contributed by atoms with Crippen LogP contribution in [0.1, 0.15) is 19.4 Å². The molecule has 0 fully saturated rings. The number of aryl methyl sites for hydroxylation is 1. The third-order valence-corrected chi connectivity index (χ3v) is 1.75. The Morgan fingerprint density at radius 1 is 1.38 bits per heavy atom. The molecule has 0 saturated heterocycles. The SMILES string of the molecule is CC.[B]c1cccn2ncc(C)c12. The predicted molar refractivity (Wildman–Crippen MR) is 56.7 cm³/mol. The van der Waals surface area contributed by atoms with Gasteiger partial charge in [-0.1, -0.05) is 25.4 Å². The molecule has 2 aromatic heterocycles. The van der Waals surface area contributed by atoms with Gasteiger partial charge in [0.05, 0.1) is 11.7 Å². The Bertz CT molecular complexity index is 393. The highest BCUT2D eigenvalue weighted by Crippen LogP contribution is 2.04. The van der Waals surface area contributed by atoms with Crippen molar-refractivity contribution < 1.29 is 0 Å². The molecular weight excluding hydrogens is 159 g/mol. The van der Waals surface area contributed by atoms with Crippen LogP contribution < -0.4 is 5.46 Å². The number of rotatable bonds is 0. The van der Waals surface area contributed by atoms with Crippen LogP contribution in [-0.4, -0.2) is 17.5 Å². The van der Waals surface area contributed by atoms with Crippen LogP contribution >= 0.6 is 0 Å². The molecule has 0 spiro atoms. The standard InChI is InChI=1S/C8H7BN2.C2H6/c1-6-5-10-11-4-2-3-7(9)8(6)11;1-2/h2-5H,1H3;1-2H3. The Labute approximate surface area is 80.0 Å². The molecule has 0 atom stereocenters. The zero-order chi connectivity index (χ0) is 9.84. The lowest BCUT2D eigenvalue weighted by molar-refractivity contribution is 0.964. The van der Waals surface area contributed by atoms with Gasteiger partial charge in [-0.25, -0.2) is 4.52 Å². The van der Waals surface area contributed by atoms with Crippen molar-refractivity contribution in [2.75, 3.05) is 0 Å². The topological polar surface area (TPSA) is 17.3 Å². The Morgan fingerprint density at radius 3 is 2.69 bits per heavy atom. The molecule has 0 saturated carbocycles. The van der Waals surface area contributed by atoms with Crippen LogP contribution in [0.25, 0.3) is 5.52 Å². The molecule has 0 bridgehead atoms. The number of fused-ring (bicyclic) bond motifs is 1. The van der Waals surface area contributed by atoms with Crippen LogP contribution in [0.3, 0.4) is 0 Å². The summed E-state index contributed by atoms with van der Waals surface area (Å²) in [5.74, 6) is 0. The van der Waals surface area contributed by atoms with E-state index in [-0.39, 0.29) is 0 Å². The van der Waals surface area contributed by atoms with Gasteiger partial charge in [0.15, 0.2) is 0 Å². The van der Waals surface area contributed by atoms with Crippen LogP contribution in [0, 0.1) is 6.92 Å². The van der Waals surface area contributed by atoms with Crippen molar-refractivity contribution in [1.29, 1.82) is 0 Å². The lowest BCUT2D eigenvalue weighted by Crippen LogP contribution is -2.06. The van der Waals surface area contributed by atoms with Crippen molar-refractivity contribution in [1.82, 2.24) is 9.61 Å². The summed E-state index contributed by atoms with van der Waals surface area (Å²) in [5.41, 5.74) is 2.90. The highest BCUT2D eigenvalue weighted by Gasteiger charge is 1.99. The van der Waals surface area contributed by atoms with Crippen molar-refractivity contribution in [3.63, 3.8) is 0 Å². The summed E-state index contributed by atoms with van der Waals surface area (Å²) in [6, 6.07) is 3.76. The monoisotopic (exact) mass is 172 g/mol. The van der Waals surface area contributed by atoms with Crippen LogP contribution in [0.15, 0.2) is 24.5 Å². The maximum Gasteiger partial charge on any atom is 0.116 e. The fraction of sp³-hybridized carbons (Fsp3) is 0.300. The molecule has 2 heterocycles. The molecule has 0 aliphatic rings. The van der Waals surface area contributed by atoms with E-state index in [1.807, 2.05) is 45.3 Å². The van der Waals surface area contributed by atoms with Crippen LogP contribution in [-0.2, 0) is 0 Å². The van der Waals surface area contributed by atoms with Crippen LogP contribution in [0.2, 0.25) is 0 Å². The van der Waals surface area contributed by atoms with E-state index in [9.17, 15) is 0 Å². The number of pyridine rings is 1. The van der Waals surface area contributed by atoms with Crippen molar-refractivity contribution >= 4 is 18.8 Å². The summed E-state index contributed by atoms with van der Waals surface area (Å²) in [6.07, 6.45) is 3.70. The van der Waals surface area contributed by atoms with E-state index in [1.54, 1.807) is 4.52 Å². The first-order chi connectivity index (χ1) is 6.29. The molecule has 13 heavy (non-hydrogen) atoms. The van der Waals surface area contributed by atoms with Gasteiger partial charge in [-0.05, 0) is 18.6 Å². The summed E-state index contributed by atoms with van der Waals surface area (Å²) in [7, 11) is 5.74. The van der Waals surface area contributed by atoms with Gasteiger partial charge in [-0.15, -0.1) is 0 Å². The van der Waals surface area contributed by atoms with E-state index in [2.05, 4.69) is 5.10 Å². The third-order valence-electron chi connectivity index (χ3n) is 1.75. The van der Waals surface area contributed by atoms with E-state index in [0.29, 0.717) is 0 Å². The minimum absolute atomic E-state index is 0.780. The fourth-order valence-electron chi connectivity index (χ4n) is 1.23. The molecule has 2 nitrogen and oxygen atoms in total. The molecule has 0 unspecified atom stereocenters. The number of hydrogen-bond donors (Lipinski definition) is 0.